The van der Waals surface area contributed by atoms with Crippen LogP contribution in [0.4, 0.5) is 5.69 Å². The highest BCUT2D eigenvalue weighted by Crippen LogP contribution is 2.17. The molecule has 1 saturated heterocycles. The van der Waals surface area contributed by atoms with Crippen LogP contribution in [0.15, 0.2) is 57.7 Å². The molecule has 4 rings (SSSR count). The van der Waals surface area contributed by atoms with Crippen molar-refractivity contribution < 1.29 is 13.9 Å². The SMILES string of the molecule is C[C@@H]1CN(C(=O)c2ccc(NCCn3c(=O)oc4ccccc43)cc2)C[C@@H](C)O1. The van der Waals surface area contributed by atoms with Crippen molar-refractivity contribution in [2.45, 2.75) is 32.6 Å². The molecule has 1 aliphatic heterocycles. The third kappa shape index (κ3) is 4.19. The molecule has 0 radical (unpaired) electrons. The lowest BCUT2D eigenvalue weighted by Crippen LogP contribution is -2.48. The van der Waals surface area contributed by atoms with Gasteiger partial charge in [-0.2, -0.15) is 0 Å². The Balaban J connectivity index is 1.36. The molecule has 0 bridgehead atoms. The van der Waals surface area contributed by atoms with Crippen molar-refractivity contribution in [2.24, 2.45) is 0 Å². The van der Waals surface area contributed by atoms with Crippen molar-refractivity contribution in [3.8, 4) is 0 Å². The van der Waals surface area contributed by atoms with E-state index in [1.54, 1.807) is 10.6 Å². The molecule has 2 aromatic carbocycles. The standard InChI is InChI=1S/C22H25N3O4/c1-15-13-24(14-16(2)28-15)21(26)17-7-9-18(10-8-17)23-11-12-25-19-5-3-4-6-20(19)29-22(25)27/h3-10,15-16,23H,11-14H2,1-2H3/t15-,16-/m1/s1. The van der Waals surface area contributed by atoms with Gasteiger partial charge in [-0.05, 0) is 50.2 Å². The van der Waals surface area contributed by atoms with Gasteiger partial charge in [0.1, 0.15) is 0 Å². The van der Waals surface area contributed by atoms with E-state index in [1.165, 1.54) is 0 Å². The van der Waals surface area contributed by atoms with Crippen molar-refractivity contribution in [1.29, 1.82) is 0 Å². The van der Waals surface area contributed by atoms with E-state index in [1.807, 2.05) is 61.2 Å². The van der Waals surface area contributed by atoms with Gasteiger partial charge < -0.3 is 19.4 Å². The lowest BCUT2D eigenvalue weighted by atomic mass is 10.1. The molecule has 0 saturated carbocycles. The summed E-state index contributed by atoms with van der Waals surface area (Å²) in [6.07, 6.45) is 0.0945. The number of hydrogen-bond donors (Lipinski definition) is 1. The van der Waals surface area contributed by atoms with Gasteiger partial charge in [0, 0.05) is 37.4 Å². The molecule has 1 N–H and O–H groups in total. The monoisotopic (exact) mass is 395 g/mol. The lowest BCUT2D eigenvalue weighted by Gasteiger charge is -2.35. The summed E-state index contributed by atoms with van der Waals surface area (Å²) in [6.45, 7) is 6.23. The summed E-state index contributed by atoms with van der Waals surface area (Å²) in [5.41, 5.74) is 2.93. The summed E-state index contributed by atoms with van der Waals surface area (Å²) in [5.74, 6) is -0.335. The molecule has 0 spiro atoms. The number of carbonyl (C=O) groups excluding carboxylic acids is 1. The topological polar surface area (TPSA) is 76.7 Å². The van der Waals surface area contributed by atoms with Crippen LogP contribution >= 0.6 is 0 Å². The molecule has 1 aliphatic rings. The minimum Gasteiger partial charge on any atom is -0.408 e. The molecule has 1 aromatic heterocycles. The van der Waals surface area contributed by atoms with E-state index in [0.29, 0.717) is 37.3 Å². The quantitative estimate of drug-likeness (QED) is 0.719. The van der Waals surface area contributed by atoms with E-state index in [9.17, 15) is 9.59 Å². The number of oxazole rings is 1. The van der Waals surface area contributed by atoms with Gasteiger partial charge in [-0.3, -0.25) is 9.36 Å². The van der Waals surface area contributed by atoms with E-state index < -0.39 is 0 Å². The van der Waals surface area contributed by atoms with Gasteiger partial charge in [-0.25, -0.2) is 4.79 Å². The Labute approximate surface area is 168 Å². The predicted molar refractivity (Wildman–Crippen MR) is 111 cm³/mol. The van der Waals surface area contributed by atoms with Gasteiger partial charge in [0.2, 0.25) is 0 Å². The van der Waals surface area contributed by atoms with Crippen molar-refractivity contribution in [3.63, 3.8) is 0 Å². The zero-order valence-corrected chi connectivity index (χ0v) is 16.6. The van der Waals surface area contributed by atoms with Crippen LogP contribution in [0, 0.1) is 0 Å². The molecule has 7 nitrogen and oxygen atoms in total. The summed E-state index contributed by atoms with van der Waals surface area (Å²) >= 11 is 0. The molecular formula is C22H25N3O4. The minimum absolute atomic E-state index is 0.0231. The van der Waals surface area contributed by atoms with E-state index >= 15 is 0 Å². The molecular weight excluding hydrogens is 370 g/mol. The second-order valence-electron chi connectivity index (χ2n) is 7.46. The fourth-order valence-electron chi connectivity index (χ4n) is 3.79. The maximum absolute atomic E-state index is 12.7. The van der Waals surface area contributed by atoms with Crippen molar-refractivity contribution in [3.05, 3.63) is 64.6 Å². The van der Waals surface area contributed by atoms with Crippen molar-refractivity contribution >= 4 is 22.7 Å². The summed E-state index contributed by atoms with van der Waals surface area (Å²) in [5, 5.41) is 3.29. The highest BCUT2D eigenvalue weighted by atomic mass is 16.5. The Bertz CT molecular complexity index is 1040. The first-order valence-electron chi connectivity index (χ1n) is 9.88. The van der Waals surface area contributed by atoms with E-state index in [-0.39, 0.29) is 23.9 Å². The molecule has 7 heteroatoms. The number of fused-ring (bicyclic) bond motifs is 1. The fraction of sp³-hybridized carbons (Fsp3) is 0.364. The molecule has 2 atom stereocenters. The van der Waals surface area contributed by atoms with Crippen LogP contribution in [0.2, 0.25) is 0 Å². The molecule has 1 amide bonds. The number of rotatable bonds is 5. The molecule has 3 aromatic rings. The van der Waals surface area contributed by atoms with E-state index in [4.69, 9.17) is 9.15 Å². The van der Waals surface area contributed by atoms with Crippen LogP contribution in [-0.2, 0) is 11.3 Å². The number of morpholine rings is 1. The number of para-hydroxylation sites is 2. The fourth-order valence-corrected chi connectivity index (χ4v) is 3.79. The van der Waals surface area contributed by atoms with Gasteiger partial charge in [0.15, 0.2) is 5.58 Å². The van der Waals surface area contributed by atoms with Gasteiger partial charge in [-0.1, -0.05) is 12.1 Å². The Kier molecular flexibility index (Phi) is 5.40. The predicted octanol–water partition coefficient (Wildman–Crippen LogP) is 2.96. The summed E-state index contributed by atoms with van der Waals surface area (Å²) in [4.78, 5) is 26.6. The number of ether oxygens (including phenoxy) is 1. The zero-order valence-electron chi connectivity index (χ0n) is 16.6. The number of nitrogens with zero attached hydrogens (tertiary/aromatic N) is 2. The third-order valence-corrected chi connectivity index (χ3v) is 5.08. The van der Waals surface area contributed by atoms with Gasteiger partial charge in [0.25, 0.3) is 5.91 Å². The van der Waals surface area contributed by atoms with Crippen LogP contribution in [0.25, 0.3) is 11.1 Å². The number of anilines is 1. The van der Waals surface area contributed by atoms with Crippen molar-refractivity contribution in [1.82, 2.24) is 9.47 Å². The maximum Gasteiger partial charge on any atom is 0.420 e. The van der Waals surface area contributed by atoms with Crippen molar-refractivity contribution in [2.75, 3.05) is 25.0 Å². The van der Waals surface area contributed by atoms with Gasteiger partial charge >= 0.3 is 5.76 Å². The first-order valence-corrected chi connectivity index (χ1v) is 9.88. The average Bonchev–Trinajstić information content (AvgIpc) is 3.02. The Morgan fingerprint density at radius 3 is 2.48 bits per heavy atom. The number of aromatic nitrogens is 1. The number of nitrogens with one attached hydrogen (secondary N) is 1. The Hall–Kier alpha value is -3.06. The highest BCUT2D eigenvalue weighted by molar-refractivity contribution is 5.94. The van der Waals surface area contributed by atoms with Crippen LogP contribution in [-0.4, -0.2) is 47.2 Å². The maximum atomic E-state index is 12.7. The molecule has 2 heterocycles. The number of benzene rings is 2. The first-order chi connectivity index (χ1) is 14.0. The van der Waals surface area contributed by atoms with E-state index in [2.05, 4.69) is 5.32 Å². The molecule has 0 aliphatic carbocycles. The number of carbonyl (C=O) groups is 1. The molecule has 29 heavy (non-hydrogen) atoms. The lowest BCUT2D eigenvalue weighted by molar-refractivity contribution is -0.0586. The van der Waals surface area contributed by atoms with Crippen LogP contribution < -0.4 is 11.1 Å². The first kappa shape index (κ1) is 19.3. The van der Waals surface area contributed by atoms with Crippen LogP contribution in [0.3, 0.4) is 0 Å². The summed E-state index contributed by atoms with van der Waals surface area (Å²) < 4.78 is 12.6. The molecule has 152 valence electrons. The summed E-state index contributed by atoms with van der Waals surface area (Å²) in [6, 6.07) is 14.8. The Morgan fingerprint density at radius 2 is 1.76 bits per heavy atom. The average molecular weight is 395 g/mol. The van der Waals surface area contributed by atoms with Gasteiger partial charge in [-0.15, -0.1) is 0 Å². The van der Waals surface area contributed by atoms with Gasteiger partial charge in [0.05, 0.1) is 17.7 Å². The van der Waals surface area contributed by atoms with Crippen LogP contribution in [0.1, 0.15) is 24.2 Å². The zero-order chi connectivity index (χ0) is 20.4. The summed E-state index contributed by atoms with van der Waals surface area (Å²) in [7, 11) is 0. The largest absolute Gasteiger partial charge is 0.420 e. The highest BCUT2D eigenvalue weighted by Gasteiger charge is 2.26. The number of hydrogen-bond acceptors (Lipinski definition) is 5. The second-order valence-corrected chi connectivity index (χ2v) is 7.46. The molecule has 0 unspecified atom stereocenters. The molecule has 1 fully saturated rings. The normalized spacial score (nSPS) is 19.4. The minimum atomic E-state index is -0.358. The number of amides is 1. The Morgan fingerprint density at radius 1 is 1.07 bits per heavy atom. The third-order valence-electron chi connectivity index (χ3n) is 5.08. The second kappa shape index (κ2) is 8.13. The van der Waals surface area contributed by atoms with E-state index in [0.717, 1.165) is 11.2 Å². The van der Waals surface area contributed by atoms with Crippen LogP contribution in [0.5, 0.6) is 0 Å². The smallest absolute Gasteiger partial charge is 0.408 e.